The molecule has 2 rings (SSSR count). The lowest BCUT2D eigenvalue weighted by Gasteiger charge is -2.18. The molecule has 0 spiro atoms. The van der Waals surface area contributed by atoms with Crippen molar-refractivity contribution in [2.45, 2.75) is 12.8 Å². The van der Waals surface area contributed by atoms with E-state index in [4.69, 9.17) is 5.11 Å². The van der Waals surface area contributed by atoms with Crippen LogP contribution in [0.4, 0.5) is 0 Å². The van der Waals surface area contributed by atoms with E-state index in [-0.39, 0.29) is 12.5 Å². The Bertz CT molecular complexity index is 428. The third kappa shape index (κ3) is 2.05. The summed E-state index contributed by atoms with van der Waals surface area (Å²) in [7, 11) is 0. The molecule has 84 valence electrons. The number of benzene rings is 1. The molecule has 1 amide bonds. The molecular weight excluding hydrogens is 206 g/mol. The van der Waals surface area contributed by atoms with Crippen LogP contribution in [0, 0.1) is 0 Å². The average Bonchev–Trinajstić information content (AvgIpc) is 2.40. The maximum absolute atomic E-state index is 12.0. The van der Waals surface area contributed by atoms with E-state index in [0.29, 0.717) is 12.1 Å². The minimum Gasteiger partial charge on any atom is -0.480 e. The Kier molecular flexibility index (Phi) is 2.90. The van der Waals surface area contributed by atoms with Crippen LogP contribution in [0.15, 0.2) is 24.3 Å². The van der Waals surface area contributed by atoms with E-state index in [0.717, 1.165) is 18.4 Å². The Labute approximate surface area is 93.5 Å². The maximum Gasteiger partial charge on any atom is 0.323 e. The predicted molar refractivity (Wildman–Crippen MR) is 58.3 cm³/mol. The first-order valence-corrected chi connectivity index (χ1v) is 5.27. The summed E-state index contributed by atoms with van der Waals surface area (Å²) in [5.41, 5.74) is 1.65. The summed E-state index contributed by atoms with van der Waals surface area (Å²) in [6, 6.07) is 7.40. The lowest BCUT2D eigenvalue weighted by Crippen LogP contribution is -2.35. The Morgan fingerprint density at radius 3 is 2.88 bits per heavy atom. The van der Waals surface area contributed by atoms with Crippen molar-refractivity contribution in [3.8, 4) is 0 Å². The van der Waals surface area contributed by atoms with Crippen molar-refractivity contribution in [3.05, 3.63) is 35.4 Å². The number of hydrogen-bond donors (Lipinski definition) is 1. The fraction of sp³-hybridized carbons (Fsp3) is 0.333. The molecule has 1 aromatic carbocycles. The zero-order chi connectivity index (χ0) is 11.5. The van der Waals surface area contributed by atoms with Crippen LogP contribution in [-0.4, -0.2) is 35.0 Å². The summed E-state index contributed by atoms with van der Waals surface area (Å²) in [6.07, 6.45) is 1.65. The van der Waals surface area contributed by atoms with E-state index >= 15 is 0 Å². The van der Waals surface area contributed by atoms with Gasteiger partial charge in [-0.2, -0.15) is 0 Å². The molecule has 0 atom stereocenters. The van der Waals surface area contributed by atoms with Gasteiger partial charge in [-0.1, -0.05) is 18.2 Å². The molecule has 0 saturated carbocycles. The Morgan fingerprint density at radius 1 is 1.38 bits per heavy atom. The monoisotopic (exact) mass is 219 g/mol. The van der Waals surface area contributed by atoms with Crippen molar-refractivity contribution >= 4 is 11.9 Å². The second-order valence-corrected chi connectivity index (χ2v) is 3.88. The Balaban J connectivity index is 2.30. The van der Waals surface area contributed by atoms with Crippen molar-refractivity contribution in [2.75, 3.05) is 13.1 Å². The number of carbonyl (C=O) groups is 2. The van der Waals surface area contributed by atoms with Gasteiger partial charge in [0.15, 0.2) is 0 Å². The van der Waals surface area contributed by atoms with Gasteiger partial charge in [0.2, 0.25) is 0 Å². The highest BCUT2D eigenvalue weighted by Gasteiger charge is 2.23. The summed E-state index contributed by atoms with van der Waals surface area (Å²) in [4.78, 5) is 24.1. The van der Waals surface area contributed by atoms with Crippen molar-refractivity contribution < 1.29 is 14.7 Å². The minimum atomic E-state index is -0.965. The van der Waals surface area contributed by atoms with Gasteiger partial charge in [0.25, 0.3) is 5.91 Å². The highest BCUT2D eigenvalue weighted by Crippen LogP contribution is 2.18. The van der Waals surface area contributed by atoms with Gasteiger partial charge in [-0.15, -0.1) is 0 Å². The number of fused-ring (bicyclic) bond motifs is 1. The van der Waals surface area contributed by atoms with Crippen molar-refractivity contribution in [1.29, 1.82) is 0 Å². The SMILES string of the molecule is O=C(O)CN1CCCc2ccccc2C1=O. The number of carboxylic acid groups (broad SMARTS) is 1. The highest BCUT2D eigenvalue weighted by atomic mass is 16.4. The molecule has 1 aromatic rings. The second kappa shape index (κ2) is 4.35. The van der Waals surface area contributed by atoms with E-state index in [1.807, 2.05) is 12.1 Å². The molecule has 0 radical (unpaired) electrons. The standard InChI is InChI=1S/C12H13NO3/c14-11(15)8-13-7-3-5-9-4-1-2-6-10(9)12(13)16/h1-2,4,6H,3,5,7-8H2,(H,14,15). The number of rotatable bonds is 2. The third-order valence-corrected chi connectivity index (χ3v) is 2.74. The second-order valence-electron chi connectivity index (χ2n) is 3.88. The smallest absolute Gasteiger partial charge is 0.323 e. The zero-order valence-corrected chi connectivity index (χ0v) is 8.85. The summed E-state index contributed by atoms with van der Waals surface area (Å²) < 4.78 is 0. The van der Waals surface area contributed by atoms with Gasteiger partial charge in [-0.25, -0.2) is 0 Å². The van der Waals surface area contributed by atoms with Crippen molar-refractivity contribution in [3.63, 3.8) is 0 Å². The lowest BCUT2D eigenvalue weighted by atomic mass is 10.0. The summed E-state index contributed by atoms with van der Waals surface area (Å²) in [5.74, 6) is -1.14. The number of amides is 1. The molecule has 4 nitrogen and oxygen atoms in total. The average molecular weight is 219 g/mol. The van der Waals surface area contributed by atoms with Gasteiger partial charge in [0.05, 0.1) is 0 Å². The molecular formula is C12H13NO3. The number of aryl methyl sites for hydroxylation is 1. The fourth-order valence-corrected chi connectivity index (χ4v) is 1.99. The van der Waals surface area contributed by atoms with Crippen LogP contribution in [-0.2, 0) is 11.2 Å². The van der Waals surface area contributed by atoms with Crippen molar-refractivity contribution in [2.24, 2.45) is 0 Å². The van der Waals surface area contributed by atoms with Crippen molar-refractivity contribution in [1.82, 2.24) is 4.90 Å². The number of nitrogens with zero attached hydrogens (tertiary/aromatic N) is 1. The van der Waals surface area contributed by atoms with Gasteiger partial charge in [-0.3, -0.25) is 9.59 Å². The minimum absolute atomic E-state index is 0.171. The highest BCUT2D eigenvalue weighted by molar-refractivity contribution is 5.97. The first-order chi connectivity index (χ1) is 7.68. The van der Waals surface area contributed by atoms with Gasteiger partial charge in [-0.05, 0) is 24.5 Å². The topological polar surface area (TPSA) is 57.6 Å². The first-order valence-electron chi connectivity index (χ1n) is 5.27. The van der Waals surface area contributed by atoms with Crippen LogP contribution < -0.4 is 0 Å². The van der Waals surface area contributed by atoms with E-state index in [2.05, 4.69) is 0 Å². The zero-order valence-electron chi connectivity index (χ0n) is 8.85. The molecule has 4 heteroatoms. The molecule has 0 fully saturated rings. The molecule has 0 saturated heterocycles. The van der Waals surface area contributed by atoms with Gasteiger partial charge < -0.3 is 10.0 Å². The number of carboxylic acids is 1. The largest absolute Gasteiger partial charge is 0.480 e. The molecule has 0 bridgehead atoms. The quantitative estimate of drug-likeness (QED) is 0.812. The number of aliphatic carboxylic acids is 1. The molecule has 1 aliphatic heterocycles. The normalized spacial score (nSPS) is 15.5. The Hall–Kier alpha value is -1.84. The molecule has 1 heterocycles. The van der Waals surface area contributed by atoms with E-state index in [1.54, 1.807) is 12.1 Å². The third-order valence-electron chi connectivity index (χ3n) is 2.74. The maximum atomic E-state index is 12.0. The number of hydrogen-bond acceptors (Lipinski definition) is 2. The Morgan fingerprint density at radius 2 is 2.12 bits per heavy atom. The van der Waals surface area contributed by atoms with Crippen LogP contribution in [0.1, 0.15) is 22.3 Å². The van der Waals surface area contributed by atoms with E-state index in [1.165, 1.54) is 4.90 Å². The molecule has 0 aromatic heterocycles. The first kappa shape index (κ1) is 10.7. The fourth-order valence-electron chi connectivity index (χ4n) is 1.99. The number of carbonyl (C=O) groups excluding carboxylic acids is 1. The lowest BCUT2D eigenvalue weighted by molar-refractivity contribution is -0.137. The predicted octanol–water partition coefficient (Wildman–Crippen LogP) is 1.16. The van der Waals surface area contributed by atoms with Gasteiger partial charge >= 0.3 is 5.97 Å². The molecule has 1 aliphatic rings. The van der Waals surface area contributed by atoms with Crippen LogP contribution >= 0.6 is 0 Å². The molecule has 1 N–H and O–H groups in total. The summed E-state index contributed by atoms with van der Waals surface area (Å²) >= 11 is 0. The summed E-state index contributed by atoms with van der Waals surface area (Å²) in [6.45, 7) is 0.299. The van der Waals surface area contributed by atoms with Gasteiger partial charge in [0, 0.05) is 12.1 Å². The molecule has 0 aliphatic carbocycles. The van der Waals surface area contributed by atoms with E-state index < -0.39 is 5.97 Å². The van der Waals surface area contributed by atoms with Crippen LogP contribution in [0.3, 0.4) is 0 Å². The summed E-state index contributed by atoms with van der Waals surface area (Å²) in [5, 5.41) is 8.73. The van der Waals surface area contributed by atoms with Crippen LogP contribution in [0.25, 0.3) is 0 Å². The van der Waals surface area contributed by atoms with Crippen LogP contribution in [0.2, 0.25) is 0 Å². The van der Waals surface area contributed by atoms with E-state index in [9.17, 15) is 9.59 Å². The molecule has 16 heavy (non-hydrogen) atoms. The van der Waals surface area contributed by atoms with Crippen LogP contribution in [0.5, 0.6) is 0 Å². The molecule has 0 unspecified atom stereocenters. The van der Waals surface area contributed by atoms with Gasteiger partial charge in [0.1, 0.15) is 6.54 Å².